The molecule has 1 aliphatic rings. The highest BCUT2D eigenvalue weighted by atomic mass is 35.5. The first kappa shape index (κ1) is 19.9. The van der Waals surface area contributed by atoms with Gasteiger partial charge in [-0.15, -0.1) is 11.8 Å². The molecule has 0 aromatic heterocycles. The first-order chi connectivity index (χ1) is 11.5. The van der Waals surface area contributed by atoms with Gasteiger partial charge in [0.05, 0.1) is 15.8 Å². The minimum absolute atomic E-state index is 0.104. The molecule has 0 aliphatic carbocycles. The van der Waals surface area contributed by atoms with Crippen LogP contribution in [0.5, 0.6) is 0 Å². The second-order valence-corrected chi connectivity index (χ2v) is 8.27. The summed E-state index contributed by atoms with van der Waals surface area (Å²) in [6, 6.07) is 5.59. The van der Waals surface area contributed by atoms with E-state index in [2.05, 4.69) is 17.1 Å². The van der Waals surface area contributed by atoms with Crippen molar-refractivity contribution < 1.29 is 4.79 Å². The molecule has 0 bridgehead atoms. The highest BCUT2D eigenvalue weighted by Gasteiger charge is 2.14. The zero-order valence-electron chi connectivity index (χ0n) is 14.2. The summed E-state index contributed by atoms with van der Waals surface area (Å²) in [5, 5.41) is 4.13. The number of amides is 1. The van der Waals surface area contributed by atoms with Gasteiger partial charge in [0.25, 0.3) is 0 Å². The Balaban J connectivity index is 1.52. The molecule has 3 nitrogen and oxygen atoms in total. The molecule has 1 fully saturated rings. The zero-order valence-corrected chi connectivity index (χ0v) is 16.5. The Morgan fingerprint density at radius 1 is 1.29 bits per heavy atom. The zero-order chi connectivity index (χ0) is 17.4. The van der Waals surface area contributed by atoms with E-state index in [0.29, 0.717) is 15.8 Å². The number of benzene rings is 1. The van der Waals surface area contributed by atoms with Crippen LogP contribution in [0, 0.1) is 5.92 Å². The lowest BCUT2D eigenvalue weighted by molar-refractivity contribution is -0.118. The summed E-state index contributed by atoms with van der Waals surface area (Å²) in [5.74, 6) is 2.21. The molecule has 0 saturated carbocycles. The molecule has 134 valence electrons. The van der Waals surface area contributed by atoms with E-state index in [1.165, 1.54) is 25.9 Å². The molecule has 0 radical (unpaired) electrons. The molecule has 1 saturated heterocycles. The number of nitrogens with zero attached hydrogens (tertiary/aromatic N) is 1. The SMILES string of the molecule is CC1CCN(CCCNC(=O)CSCc2ccc(Cl)c(Cl)c2)CC1. The van der Waals surface area contributed by atoms with Gasteiger partial charge >= 0.3 is 0 Å². The summed E-state index contributed by atoms with van der Waals surface area (Å²) in [7, 11) is 0. The van der Waals surface area contributed by atoms with E-state index in [0.717, 1.165) is 36.7 Å². The molecule has 1 N–H and O–H groups in total. The molecule has 6 heteroatoms. The van der Waals surface area contributed by atoms with Gasteiger partial charge in [0.15, 0.2) is 0 Å². The maximum absolute atomic E-state index is 11.9. The van der Waals surface area contributed by atoms with Crippen molar-refractivity contribution in [1.29, 1.82) is 0 Å². The normalized spacial score (nSPS) is 16.3. The number of carbonyl (C=O) groups is 1. The van der Waals surface area contributed by atoms with Crippen molar-refractivity contribution in [2.24, 2.45) is 5.92 Å². The third kappa shape index (κ3) is 7.22. The number of carbonyl (C=O) groups excluding carboxylic acids is 1. The van der Waals surface area contributed by atoms with E-state index in [1.54, 1.807) is 17.8 Å². The van der Waals surface area contributed by atoms with Crippen LogP contribution in [-0.4, -0.2) is 42.7 Å². The topological polar surface area (TPSA) is 32.3 Å². The monoisotopic (exact) mass is 388 g/mol. The number of piperidine rings is 1. The molecule has 0 unspecified atom stereocenters. The molecule has 1 amide bonds. The molecule has 24 heavy (non-hydrogen) atoms. The van der Waals surface area contributed by atoms with Gasteiger partial charge in [-0.3, -0.25) is 4.79 Å². The van der Waals surface area contributed by atoms with Crippen LogP contribution in [0.15, 0.2) is 18.2 Å². The van der Waals surface area contributed by atoms with Crippen molar-refractivity contribution >= 4 is 40.9 Å². The van der Waals surface area contributed by atoms with Gasteiger partial charge in [0.1, 0.15) is 0 Å². The van der Waals surface area contributed by atoms with Gasteiger partial charge < -0.3 is 10.2 Å². The van der Waals surface area contributed by atoms with Crippen LogP contribution in [0.1, 0.15) is 31.7 Å². The summed E-state index contributed by atoms with van der Waals surface area (Å²) >= 11 is 13.5. The minimum atomic E-state index is 0.104. The first-order valence-corrected chi connectivity index (χ1v) is 10.5. The fourth-order valence-corrected chi connectivity index (χ4v) is 3.88. The van der Waals surface area contributed by atoms with Crippen LogP contribution in [0.25, 0.3) is 0 Å². The van der Waals surface area contributed by atoms with Gasteiger partial charge in [0.2, 0.25) is 5.91 Å². The molecular weight excluding hydrogens is 363 g/mol. The van der Waals surface area contributed by atoms with Gasteiger partial charge in [0, 0.05) is 12.3 Å². The predicted octanol–water partition coefficient (Wildman–Crippen LogP) is 4.46. The average molecular weight is 389 g/mol. The third-order valence-corrected chi connectivity index (χ3v) is 6.08. The summed E-state index contributed by atoms with van der Waals surface area (Å²) in [4.78, 5) is 14.4. The minimum Gasteiger partial charge on any atom is -0.355 e. The second kappa shape index (κ2) is 10.5. The van der Waals surface area contributed by atoms with Gasteiger partial charge in [-0.1, -0.05) is 36.2 Å². The van der Waals surface area contributed by atoms with E-state index in [9.17, 15) is 4.79 Å². The van der Waals surface area contributed by atoms with Crippen molar-refractivity contribution in [1.82, 2.24) is 10.2 Å². The fraction of sp³-hybridized carbons (Fsp3) is 0.611. The number of rotatable bonds is 8. The molecule has 1 aliphatic heterocycles. The van der Waals surface area contributed by atoms with E-state index in [-0.39, 0.29) is 5.91 Å². The van der Waals surface area contributed by atoms with Crippen LogP contribution >= 0.6 is 35.0 Å². The van der Waals surface area contributed by atoms with Crippen molar-refractivity contribution in [3.63, 3.8) is 0 Å². The van der Waals surface area contributed by atoms with E-state index < -0.39 is 0 Å². The number of thioether (sulfide) groups is 1. The summed E-state index contributed by atoms with van der Waals surface area (Å²) < 4.78 is 0. The van der Waals surface area contributed by atoms with E-state index >= 15 is 0 Å². The van der Waals surface area contributed by atoms with Crippen LogP contribution in [0.3, 0.4) is 0 Å². The molecule has 1 aromatic carbocycles. The standard InChI is InChI=1S/C18H26Cl2N2OS/c1-14-5-9-22(10-6-14)8-2-7-21-18(23)13-24-12-15-3-4-16(19)17(20)11-15/h3-4,11,14H,2,5-10,12-13H2,1H3,(H,21,23). The lowest BCUT2D eigenvalue weighted by Crippen LogP contribution is -2.35. The highest BCUT2D eigenvalue weighted by molar-refractivity contribution is 7.99. The number of hydrogen-bond donors (Lipinski definition) is 1. The lowest BCUT2D eigenvalue weighted by Gasteiger charge is -2.30. The number of halogens is 2. The Bertz CT molecular complexity index is 534. The molecule has 1 heterocycles. The molecule has 1 aromatic rings. The Kier molecular flexibility index (Phi) is 8.74. The largest absolute Gasteiger partial charge is 0.355 e. The Labute approximate surface area is 159 Å². The van der Waals surface area contributed by atoms with Crippen LogP contribution in [0.4, 0.5) is 0 Å². The lowest BCUT2D eigenvalue weighted by atomic mass is 9.99. The van der Waals surface area contributed by atoms with Crippen molar-refractivity contribution in [2.75, 3.05) is 31.9 Å². The molecular formula is C18H26Cl2N2OS. The van der Waals surface area contributed by atoms with Crippen LogP contribution < -0.4 is 5.32 Å². The predicted molar refractivity (Wildman–Crippen MR) is 105 cm³/mol. The van der Waals surface area contributed by atoms with Crippen LogP contribution in [0.2, 0.25) is 10.0 Å². The van der Waals surface area contributed by atoms with Crippen molar-refractivity contribution in [2.45, 2.75) is 31.9 Å². The van der Waals surface area contributed by atoms with Gasteiger partial charge in [-0.25, -0.2) is 0 Å². The van der Waals surface area contributed by atoms with E-state index in [1.807, 2.05) is 12.1 Å². The Morgan fingerprint density at radius 3 is 2.75 bits per heavy atom. The maximum Gasteiger partial charge on any atom is 0.230 e. The third-order valence-electron chi connectivity index (χ3n) is 4.34. The fourth-order valence-electron chi connectivity index (χ4n) is 2.76. The quantitative estimate of drug-likeness (QED) is 0.666. The van der Waals surface area contributed by atoms with Gasteiger partial charge in [-0.2, -0.15) is 0 Å². The molecule has 0 atom stereocenters. The number of hydrogen-bond acceptors (Lipinski definition) is 3. The van der Waals surface area contributed by atoms with Crippen LogP contribution in [-0.2, 0) is 10.5 Å². The highest BCUT2D eigenvalue weighted by Crippen LogP contribution is 2.24. The summed E-state index contributed by atoms with van der Waals surface area (Å²) in [5.41, 5.74) is 1.08. The number of nitrogens with one attached hydrogen (secondary N) is 1. The van der Waals surface area contributed by atoms with Gasteiger partial charge in [-0.05, 0) is 62.5 Å². The Hall–Kier alpha value is -0.420. The smallest absolute Gasteiger partial charge is 0.230 e. The molecule has 0 spiro atoms. The van der Waals surface area contributed by atoms with Crippen molar-refractivity contribution in [3.05, 3.63) is 33.8 Å². The molecule has 2 rings (SSSR count). The summed E-state index contributed by atoms with van der Waals surface area (Å²) in [6.45, 7) is 6.58. The second-order valence-electron chi connectivity index (χ2n) is 6.47. The number of likely N-dealkylation sites (tertiary alicyclic amines) is 1. The average Bonchev–Trinajstić information content (AvgIpc) is 2.56. The van der Waals surface area contributed by atoms with E-state index in [4.69, 9.17) is 23.2 Å². The summed E-state index contributed by atoms with van der Waals surface area (Å²) in [6.07, 6.45) is 3.63. The van der Waals surface area contributed by atoms with Crippen molar-refractivity contribution in [3.8, 4) is 0 Å². The maximum atomic E-state index is 11.9. The Morgan fingerprint density at radius 2 is 2.04 bits per heavy atom. The first-order valence-electron chi connectivity index (χ1n) is 8.55.